The molecule has 0 radical (unpaired) electrons. The number of nitrogens with one attached hydrogen (secondary N) is 1. The van der Waals surface area contributed by atoms with Gasteiger partial charge in [-0.05, 0) is 6.92 Å². The molecule has 3 nitrogen and oxygen atoms in total. The average molecular weight is 189 g/mol. The molecule has 70 valence electrons. The van der Waals surface area contributed by atoms with Crippen LogP contribution in [-0.4, -0.2) is 36.7 Å². The van der Waals surface area contributed by atoms with Gasteiger partial charge in [0.1, 0.15) is 0 Å². The summed E-state index contributed by atoms with van der Waals surface area (Å²) < 4.78 is 4.60. The SMILES string of the molecule is COC(=O)CC1CN[C@H](C)CS1. The van der Waals surface area contributed by atoms with E-state index in [2.05, 4.69) is 17.0 Å². The maximum atomic E-state index is 10.9. The van der Waals surface area contributed by atoms with Crippen LogP contribution >= 0.6 is 11.8 Å². The average Bonchev–Trinajstić information content (AvgIpc) is 2.09. The molecule has 1 N–H and O–H groups in total. The smallest absolute Gasteiger partial charge is 0.306 e. The molecule has 0 amide bonds. The number of methoxy groups -OCH3 is 1. The molecule has 0 aromatic carbocycles. The topological polar surface area (TPSA) is 38.3 Å². The van der Waals surface area contributed by atoms with Crippen LogP contribution in [0.1, 0.15) is 13.3 Å². The van der Waals surface area contributed by atoms with Crippen LogP contribution in [-0.2, 0) is 9.53 Å². The first-order valence-corrected chi connectivity index (χ1v) is 5.19. The second-order valence-electron chi connectivity index (χ2n) is 3.04. The summed E-state index contributed by atoms with van der Waals surface area (Å²) in [6, 6.07) is 0.573. The Balaban J connectivity index is 2.21. The maximum absolute atomic E-state index is 10.9. The highest BCUT2D eigenvalue weighted by atomic mass is 32.2. The molecule has 1 saturated heterocycles. The van der Waals surface area contributed by atoms with Crippen molar-refractivity contribution in [3.63, 3.8) is 0 Å². The number of esters is 1. The van der Waals surface area contributed by atoms with Gasteiger partial charge in [-0.1, -0.05) is 0 Å². The third-order valence-corrected chi connectivity index (χ3v) is 3.40. The highest BCUT2D eigenvalue weighted by Gasteiger charge is 2.20. The number of ether oxygens (including phenoxy) is 1. The lowest BCUT2D eigenvalue weighted by Gasteiger charge is -2.26. The number of hydrogen-bond acceptors (Lipinski definition) is 4. The molecule has 0 saturated carbocycles. The number of carbonyl (C=O) groups is 1. The maximum Gasteiger partial charge on any atom is 0.306 e. The van der Waals surface area contributed by atoms with Crippen molar-refractivity contribution in [2.45, 2.75) is 24.6 Å². The summed E-state index contributed by atoms with van der Waals surface area (Å²) in [6.45, 7) is 3.07. The Morgan fingerprint density at radius 3 is 3.00 bits per heavy atom. The predicted octanol–water partition coefficient (Wildman–Crippen LogP) is 0.643. The lowest BCUT2D eigenvalue weighted by atomic mass is 10.2. The molecule has 4 heteroatoms. The van der Waals surface area contributed by atoms with Crippen LogP contribution < -0.4 is 5.32 Å². The predicted molar refractivity (Wildman–Crippen MR) is 50.3 cm³/mol. The Hall–Kier alpha value is -0.220. The first-order valence-electron chi connectivity index (χ1n) is 4.14. The van der Waals surface area contributed by atoms with E-state index in [-0.39, 0.29) is 5.97 Å². The van der Waals surface area contributed by atoms with Crippen LogP contribution in [0.4, 0.5) is 0 Å². The minimum absolute atomic E-state index is 0.108. The summed E-state index contributed by atoms with van der Waals surface area (Å²) in [4.78, 5) is 10.9. The van der Waals surface area contributed by atoms with E-state index < -0.39 is 0 Å². The number of carbonyl (C=O) groups excluding carboxylic acids is 1. The molecule has 2 atom stereocenters. The minimum atomic E-state index is -0.108. The van der Waals surface area contributed by atoms with Gasteiger partial charge >= 0.3 is 5.97 Å². The Bertz CT molecular complexity index is 155. The molecule has 1 unspecified atom stereocenters. The first-order chi connectivity index (χ1) is 5.72. The van der Waals surface area contributed by atoms with Crippen molar-refractivity contribution in [3.05, 3.63) is 0 Å². The van der Waals surface area contributed by atoms with Crippen LogP contribution in [0.25, 0.3) is 0 Å². The van der Waals surface area contributed by atoms with E-state index in [9.17, 15) is 4.79 Å². The van der Waals surface area contributed by atoms with Gasteiger partial charge in [0.2, 0.25) is 0 Å². The number of hydrogen-bond donors (Lipinski definition) is 1. The summed E-state index contributed by atoms with van der Waals surface area (Å²) in [7, 11) is 1.44. The molecule has 1 aliphatic rings. The lowest BCUT2D eigenvalue weighted by molar-refractivity contribution is -0.140. The summed E-state index contributed by atoms with van der Waals surface area (Å²) in [5.41, 5.74) is 0. The van der Waals surface area contributed by atoms with Crippen molar-refractivity contribution >= 4 is 17.7 Å². The normalized spacial score (nSPS) is 29.8. The van der Waals surface area contributed by atoms with E-state index in [0.29, 0.717) is 17.7 Å². The van der Waals surface area contributed by atoms with Gasteiger partial charge in [-0.3, -0.25) is 4.79 Å². The van der Waals surface area contributed by atoms with Gasteiger partial charge in [0.05, 0.1) is 13.5 Å². The van der Waals surface area contributed by atoms with E-state index in [1.54, 1.807) is 0 Å². The Morgan fingerprint density at radius 1 is 1.75 bits per heavy atom. The summed E-state index contributed by atoms with van der Waals surface area (Å²) in [6.07, 6.45) is 0.529. The second-order valence-corrected chi connectivity index (χ2v) is 4.38. The fourth-order valence-corrected chi connectivity index (χ4v) is 2.28. The Labute approximate surface area is 77.2 Å². The zero-order chi connectivity index (χ0) is 8.97. The standard InChI is InChI=1S/C8H15NO2S/c1-6-5-12-7(4-9-6)3-8(10)11-2/h6-7,9H,3-5H2,1-2H3/t6-,7?/m1/s1. The summed E-state index contributed by atoms with van der Waals surface area (Å²) in [5, 5.41) is 3.73. The molecule has 0 spiro atoms. The zero-order valence-electron chi connectivity index (χ0n) is 7.50. The number of rotatable bonds is 2. The van der Waals surface area contributed by atoms with E-state index in [0.717, 1.165) is 12.3 Å². The molecular weight excluding hydrogens is 174 g/mol. The van der Waals surface area contributed by atoms with Crippen LogP contribution in [0.15, 0.2) is 0 Å². The van der Waals surface area contributed by atoms with Gasteiger partial charge in [-0.2, -0.15) is 11.8 Å². The van der Waals surface area contributed by atoms with Gasteiger partial charge in [0, 0.05) is 23.6 Å². The third kappa shape index (κ3) is 3.03. The molecule has 12 heavy (non-hydrogen) atoms. The van der Waals surface area contributed by atoms with E-state index >= 15 is 0 Å². The fraction of sp³-hybridized carbons (Fsp3) is 0.875. The summed E-state index contributed by atoms with van der Waals surface area (Å²) >= 11 is 1.85. The fourth-order valence-electron chi connectivity index (χ4n) is 1.13. The van der Waals surface area contributed by atoms with Crippen molar-refractivity contribution in [1.82, 2.24) is 5.32 Å². The molecular formula is C8H15NO2S. The van der Waals surface area contributed by atoms with Gasteiger partial charge in [0.15, 0.2) is 0 Å². The van der Waals surface area contributed by atoms with Crippen molar-refractivity contribution in [2.75, 3.05) is 19.4 Å². The minimum Gasteiger partial charge on any atom is -0.469 e. The molecule has 1 aliphatic heterocycles. The zero-order valence-corrected chi connectivity index (χ0v) is 8.32. The lowest BCUT2D eigenvalue weighted by Crippen LogP contribution is -2.40. The second kappa shape index (κ2) is 4.72. The highest BCUT2D eigenvalue weighted by molar-refractivity contribution is 8.00. The first kappa shape index (κ1) is 9.86. The van der Waals surface area contributed by atoms with Crippen LogP contribution in [0.2, 0.25) is 0 Å². The quantitative estimate of drug-likeness (QED) is 0.647. The van der Waals surface area contributed by atoms with Crippen molar-refractivity contribution in [3.8, 4) is 0 Å². The Morgan fingerprint density at radius 2 is 2.50 bits per heavy atom. The van der Waals surface area contributed by atoms with E-state index in [4.69, 9.17) is 0 Å². The van der Waals surface area contributed by atoms with Crippen LogP contribution in [0.5, 0.6) is 0 Å². The van der Waals surface area contributed by atoms with Crippen molar-refractivity contribution in [2.24, 2.45) is 0 Å². The van der Waals surface area contributed by atoms with Gasteiger partial charge in [-0.25, -0.2) is 0 Å². The van der Waals surface area contributed by atoms with E-state index in [1.807, 2.05) is 11.8 Å². The van der Waals surface area contributed by atoms with E-state index in [1.165, 1.54) is 7.11 Å². The monoisotopic (exact) mass is 189 g/mol. The van der Waals surface area contributed by atoms with Gasteiger partial charge in [0.25, 0.3) is 0 Å². The molecule has 1 rings (SSSR count). The Kier molecular flexibility index (Phi) is 3.88. The molecule has 0 aromatic rings. The largest absolute Gasteiger partial charge is 0.469 e. The van der Waals surface area contributed by atoms with Crippen LogP contribution in [0.3, 0.4) is 0 Å². The van der Waals surface area contributed by atoms with Crippen molar-refractivity contribution < 1.29 is 9.53 Å². The summed E-state index contributed by atoms with van der Waals surface area (Å²) in [5.74, 6) is 0.977. The van der Waals surface area contributed by atoms with Crippen molar-refractivity contribution in [1.29, 1.82) is 0 Å². The molecule has 0 aromatic heterocycles. The van der Waals surface area contributed by atoms with Gasteiger partial charge < -0.3 is 10.1 Å². The molecule has 1 heterocycles. The molecule has 0 bridgehead atoms. The number of thioether (sulfide) groups is 1. The third-order valence-electron chi connectivity index (χ3n) is 1.90. The van der Waals surface area contributed by atoms with Crippen LogP contribution in [0, 0.1) is 0 Å². The molecule has 0 aliphatic carbocycles. The highest BCUT2D eigenvalue weighted by Crippen LogP contribution is 2.19. The van der Waals surface area contributed by atoms with Gasteiger partial charge in [-0.15, -0.1) is 0 Å². The molecule has 1 fully saturated rings.